The van der Waals surface area contributed by atoms with Gasteiger partial charge < -0.3 is 5.32 Å². The maximum absolute atomic E-state index is 14.8. The molecular formula is C18H21FN2. The van der Waals surface area contributed by atoms with Gasteiger partial charge in [0.15, 0.2) is 0 Å². The third-order valence-corrected chi connectivity index (χ3v) is 5.16. The van der Waals surface area contributed by atoms with Crippen LogP contribution in [0.4, 0.5) is 4.39 Å². The molecule has 1 aliphatic carbocycles. The highest BCUT2D eigenvalue weighted by molar-refractivity contribution is 5.77. The topological polar surface area (TPSA) is 24.1 Å². The predicted molar refractivity (Wildman–Crippen MR) is 83.3 cm³/mol. The van der Waals surface area contributed by atoms with Gasteiger partial charge in [-0.1, -0.05) is 24.6 Å². The summed E-state index contributed by atoms with van der Waals surface area (Å²) in [6.07, 6.45) is 9.06. The molecule has 4 rings (SSSR count). The second kappa shape index (κ2) is 4.99. The summed E-state index contributed by atoms with van der Waals surface area (Å²) in [7, 11) is 0. The van der Waals surface area contributed by atoms with Crippen LogP contribution in [0.15, 0.2) is 30.0 Å². The first-order chi connectivity index (χ1) is 10.2. The fraction of sp³-hybridized carbons (Fsp3) is 0.444. The second-order valence-electron chi connectivity index (χ2n) is 6.39. The average molecular weight is 284 g/mol. The van der Waals surface area contributed by atoms with Crippen molar-refractivity contribution in [1.29, 1.82) is 0 Å². The number of nitrogens with one attached hydrogen (secondary N) is 2. The first-order valence-electron chi connectivity index (χ1n) is 7.93. The molecule has 2 aliphatic heterocycles. The van der Waals surface area contributed by atoms with Crippen LogP contribution >= 0.6 is 0 Å². The predicted octanol–water partition coefficient (Wildman–Crippen LogP) is 3.59. The summed E-state index contributed by atoms with van der Waals surface area (Å²) in [4.78, 5) is 0. The van der Waals surface area contributed by atoms with Gasteiger partial charge in [0.25, 0.3) is 0 Å². The van der Waals surface area contributed by atoms with Gasteiger partial charge in [0, 0.05) is 23.9 Å². The summed E-state index contributed by atoms with van der Waals surface area (Å²) in [5.41, 5.74) is 5.06. The van der Waals surface area contributed by atoms with E-state index < -0.39 is 0 Å². The Morgan fingerprint density at radius 3 is 2.86 bits per heavy atom. The Morgan fingerprint density at radius 2 is 2.10 bits per heavy atom. The molecule has 2 heterocycles. The number of allylic oxidation sites excluding steroid dienone is 2. The fourth-order valence-electron chi connectivity index (χ4n) is 3.61. The third kappa shape index (κ3) is 2.11. The molecule has 2 N–H and O–H groups in total. The molecule has 0 amide bonds. The van der Waals surface area contributed by atoms with Gasteiger partial charge in [-0.15, -0.1) is 0 Å². The maximum atomic E-state index is 14.8. The van der Waals surface area contributed by atoms with E-state index in [1.54, 1.807) is 0 Å². The minimum absolute atomic E-state index is 0.0475. The van der Waals surface area contributed by atoms with Gasteiger partial charge in [-0.2, -0.15) is 0 Å². The van der Waals surface area contributed by atoms with Crippen molar-refractivity contribution in [3.05, 3.63) is 52.5 Å². The van der Waals surface area contributed by atoms with E-state index in [0.29, 0.717) is 5.92 Å². The second-order valence-corrected chi connectivity index (χ2v) is 6.39. The molecule has 1 aromatic carbocycles. The summed E-state index contributed by atoms with van der Waals surface area (Å²) < 4.78 is 14.8. The van der Waals surface area contributed by atoms with E-state index in [0.717, 1.165) is 29.7 Å². The van der Waals surface area contributed by atoms with Gasteiger partial charge in [-0.05, 0) is 48.8 Å². The molecule has 1 saturated carbocycles. The molecule has 2 fully saturated rings. The largest absolute Gasteiger partial charge is 0.372 e. The molecule has 21 heavy (non-hydrogen) atoms. The molecule has 3 aliphatic rings. The monoisotopic (exact) mass is 284 g/mol. The molecule has 2 nitrogen and oxygen atoms in total. The Morgan fingerprint density at radius 1 is 1.24 bits per heavy atom. The van der Waals surface area contributed by atoms with E-state index in [-0.39, 0.29) is 12.0 Å². The Bertz CT molecular complexity index is 641. The normalized spacial score (nSPS) is 24.8. The fourth-order valence-corrected chi connectivity index (χ4v) is 3.61. The van der Waals surface area contributed by atoms with Gasteiger partial charge in [-0.3, -0.25) is 5.32 Å². The Hall–Kier alpha value is -1.61. The van der Waals surface area contributed by atoms with E-state index in [2.05, 4.69) is 22.8 Å². The molecule has 110 valence electrons. The first kappa shape index (κ1) is 13.1. The smallest absolute Gasteiger partial charge is 0.134 e. The summed E-state index contributed by atoms with van der Waals surface area (Å²) in [5, 5.41) is 6.71. The highest BCUT2D eigenvalue weighted by Crippen LogP contribution is 2.40. The van der Waals surface area contributed by atoms with Gasteiger partial charge in [0.2, 0.25) is 0 Å². The van der Waals surface area contributed by atoms with Crippen molar-refractivity contribution in [1.82, 2.24) is 10.6 Å². The first-order valence-corrected chi connectivity index (χ1v) is 7.93. The average Bonchev–Trinajstić information content (AvgIpc) is 2.89. The van der Waals surface area contributed by atoms with Crippen LogP contribution in [-0.4, -0.2) is 12.7 Å². The van der Waals surface area contributed by atoms with Crippen molar-refractivity contribution in [3.8, 4) is 0 Å². The van der Waals surface area contributed by atoms with E-state index >= 15 is 0 Å². The summed E-state index contributed by atoms with van der Waals surface area (Å²) in [6, 6.07) is 4.10. The summed E-state index contributed by atoms with van der Waals surface area (Å²) in [5.74, 6) is 0.530. The van der Waals surface area contributed by atoms with E-state index in [4.69, 9.17) is 0 Å². The number of benzene rings is 1. The highest BCUT2D eigenvalue weighted by Gasteiger charge is 2.26. The van der Waals surface area contributed by atoms with Crippen molar-refractivity contribution in [2.24, 2.45) is 0 Å². The Kier molecular flexibility index (Phi) is 3.11. The Labute approximate surface area is 125 Å². The number of halogens is 1. The van der Waals surface area contributed by atoms with Crippen LogP contribution < -0.4 is 10.6 Å². The van der Waals surface area contributed by atoms with E-state index in [1.807, 2.05) is 19.2 Å². The van der Waals surface area contributed by atoms with Crippen molar-refractivity contribution in [2.75, 3.05) is 6.54 Å². The molecule has 0 spiro atoms. The minimum atomic E-state index is -0.0475. The SMILES string of the molecule is Cc1c(C2CCC2)ccc(C2=CNC3NCCC3=C2)c1F. The lowest BCUT2D eigenvalue weighted by Crippen LogP contribution is -2.36. The lowest BCUT2D eigenvalue weighted by atomic mass is 9.77. The molecule has 3 heteroatoms. The number of hydrogen-bond acceptors (Lipinski definition) is 2. The van der Waals surface area contributed by atoms with Crippen LogP contribution in [0.5, 0.6) is 0 Å². The Balaban J connectivity index is 1.69. The molecule has 1 saturated heterocycles. The molecule has 1 aromatic rings. The maximum Gasteiger partial charge on any atom is 0.134 e. The van der Waals surface area contributed by atoms with Gasteiger partial charge >= 0.3 is 0 Å². The number of rotatable bonds is 2. The molecule has 1 atom stereocenters. The van der Waals surface area contributed by atoms with Crippen molar-refractivity contribution in [2.45, 2.75) is 44.7 Å². The van der Waals surface area contributed by atoms with Crippen LogP contribution in [0, 0.1) is 12.7 Å². The zero-order valence-corrected chi connectivity index (χ0v) is 12.4. The third-order valence-electron chi connectivity index (χ3n) is 5.16. The molecular weight excluding hydrogens is 263 g/mol. The van der Waals surface area contributed by atoms with E-state index in [9.17, 15) is 4.39 Å². The lowest BCUT2D eigenvalue weighted by molar-refractivity contribution is 0.416. The van der Waals surface area contributed by atoms with Gasteiger partial charge in [-0.25, -0.2) is 4.39 Å². The lowest BCUT2D eigenvalue weighted by Gasteiger charge is -2.28. The van der Waals surface area contributed by atoms with Crippen LogP contribution in [0.1, 0.15) is 48.3 Å². The zero-order chi connectivity index (χ0) is 14.4. The van der Waals surface area contributed by atoms with Crippen molar-refractivity contribution < 1.29 is 4.39 Å². The van der Waals surface area contributed by atoms with Gasteiger partial charge in [0.05, 0.1) is 6.17 Å². The quantitative estimate of drug-likeness (QED) is 0.867. The number of hydrogen-bond donors (Lipinski definition) is 2. The van der Waals surface area contributed by atoms with Crippen molar-refractivity contribution >= 4 is 5.57 Å². The van der Waals surface area contributed by atoms with Gasteiger partial charge in [0.1, 0.15) is 5.82 Å². The van der Waals surface area contributed by atoms with Crippen LogP contribution in [0.25, 0.3) is 5.57 Å². The zero-order valence-electron chi connectivity index (χ0n) is 12.4. The minimum Gasteiger partial charge on any atom is -0.372 e. The number of dihydropyridines is 1. The van der Waals surface area contributed by atoms with E-state index in [1.165, 1.54) is 30.4 Å². The molecule has 0 bridgehead atoms. The van der Waals surface area contributed by atoms with Crippen LogP contribution in [0.3, 0.4) is 0 Å². The molecule has 0 radical (unpaired) electrons. The molecule has 1 unspecified atom stereocenters. The molecule has 0 aromatic heterocycles. The summed E-state index contributed by atoms with van der Waals surface area (Å²) >= 11 is 0. The van der Waals surface area contributed by atoms with Crippen LogP contribution in [0.2, 0.25) is 0 Å². The number of fused-ring (bicyclic) bond motifs is 1. The standard InChI is InChI=1S/C18H21FN2/c1-11-15(12-3-2-4-12)5-6-16(17(11)19)14-9-13-7-8-20-18(13)21-10-14/h5-6,9-10,12,18,20-21H,2-4,7-8H2,1H3. The van der Waals surface area contributed by atoms with Crippen LogP contribution in [-0.2, 0) is 0 Å². The highest BCUT2D eigenvalue weighted by atomic mass is 19.1. The van der Waals surface area contributed by atoms with Crippen molar-refractivity contribution in [3.63, 3.8) is 0 Å². The summed E-state index contributed by atoms with van der Waals surface area (Å²) in [6.45, 7) is 2.92.